The molecule has 0 spiro atoms. The van der Waals surface area contributed by atoms with Crippen LogP contribution >= 0.6 is 22.4 Å². The molecule has 5 rings (SSSR count). The van der Waals surface area contributed by atoms with Gasteiger partial charge in [-0.1, -0.05) is 90.7 Å². The standard InChI is InChI=1S/C24H18O2P2S3/c25-21-13-5-1-9-17(21)19-11-3-7-15-23(19)27(29)31-28(30)24-16-8-4-12-20(24)18-10-2-6-14-22(18)26-28/h1-16,25,27H. The Balaban J connectivity index is 1.57. The third-order valence-electron chi connectivity index (χ3n) is 5.14. The predicted octanol–water partition coefficient (Wildman–Crippen LogP) is 6.70. The first-order chi connectivity index (χ1) is 15.1. The van der Waals surface area contributed by atoms with E-state index in [2.05, 4.69) is 24.3 Å². The van der Waals surface area contributed by atoms with Gasteiger partial charge in [0.15, 0.2) is 0 Å². The summed E-state index contributed by atoms with van der Waals surface area (Å²) < 4.78 is 6.51. The van der Waals surface area contributed by atoms with E-state index >= 15 is 0 Å². The van der Waals surface area contributed by atoms with Gasteiger partial charge >= 0.3 is 0 Å². The summed E-state index contributed by atoms with van der Waals surface area (Å²) >= 11 is 13.9. The zero-order valence-electron chi connectivity index (χ0n) is 16.3. The zero-order chi connectivity index (χ0) is 21.4. The third kappa shape index (κ3) is 3.91. The number of rotatable bonds is 4. The molecular formula is C24H18O2P2S3. The van der Waals surface area contributed by atoms with Crippen molar-refractivity contribution in [3.8, 4) is 33.8 Å². The van der Waals surface area contributed by atoms with E-state index in [-0.39, 0.29) is 5.75 Å². The molecule has 1 N–H and O–H groups in total. The maximum Gasteiger partial charge on any atom is 0.202 e. The molecule has 0 aromatic heterocycles. The molecule has 2 nitrogen and oxygen atoms in total. The van der Waals surface area contributed by atoms with Crippen LogP contribution in [0.15, 0.2) is 97.1 Å². The van der Waals surface area contributed by atoms with Gasteiger partial charge in [-0.25, -0.2) is 0 Å². The molecule has 4 aromatic rings. The molecule has 1 aliphatic rings. The van der Waals surface area contributed by atoms with Crippen molar-refractivity contribution in [3.05, 3.63) is 97.1 Å². The number of fused-ring (bicyclic) bond motifs is 3. The number of hydrogen-bond acceptors (Lipinski definition) is 5. The molecule has 31 heavy (non-hydrogen) atoms. The van der Waals surface area contributed by atoms with Crippen LogP contribution < -0.4 is 15.1 Å². The van der Waals surface area contributed by atoms with Gasteiger partial charge in [-0.3, -0.25) is 0 Å². The molecule has 0 saturated heterocycles. The van der Waals surface area contributed by atoms with E-state index in [0.29, 0.717) is 0 Å². The summed E-state index contributed by atoms with van der Waals surface area (Å²) in [7, 11) is 0. The SMILES string of the molecule is Oc1ccccc1-c1ccccc1[PH](=S)SP1(=S)Oc2ccccc2-c2ccccc21. The summed E-state index contributed by atoms with van der Waals surface area (Å²) in [5.41, 5.74) is 1.51. The van der Waals surface area contributed by atoms with Crippen molar-refractivity contribution in [2.45, 2.75) is 0 Å². The maximum atomic E-state index is 10.4. The monoisotopic (exact) mass is 496 g/mol. The normalized spacial score (nSPS) is 17.8. The Bertz CT molecular complexity index is 1370. The van der Waals surface area contributed by atoms with Crippen molar-refractivity contribution in [3.63, 3.8) is 0 Å². The van der Waals surface area contributed by atoms with Gasteiger partial charge < -0.3 is 9.63 Å². The second kappa shape index (κ2) is 8.58. The summed E-state index contributed by atoms with van der Waals surface area (Å²) in [6, 6.07) is 31.7. The van der Waals surface area contributed by atoms with Gasteiger partial charge in [-0.15, -0.1) is 0 Å². The van der Waals surface area contributed by atoms with E-state index < -0.39 is 11.4 Å². The molecule has 0 saturated carbocycles. The van der Waals surface area contributed by atoms with Gasteiger partial charge in [0.2, 0.25) is 5.47 Å². The Labute approximate surface area is 196 Å². The van der Waals surface area contributed by atoms with Crippen LogP contribution in [0.4, 0.5) is 0 Å². The van der Waals surface area contributed by atoms with Gasteiger partial charge in [0, 0.05) is 27.6 Å². The number of para-hydroxylation sites is 2. The van der Waals surface area contributed by atoms with Crippen molar-refractivity contribution in [1.82, 2.24) is 0 Å². The highest BCUT2D eigenvalue weighted by atomic mass is 33.2. The van der Waals surface area contributed by atoms with Gasteiger partial charge in [0.05, 0.1) is 0 Å². The number of phenolic OH excluding ortho intramolecular Hbond substituents is 1. The molecule has 154 valence electrons. The minimum absolute atomic E-state index is 0.251. The summed E-state index contributed by atoms with van der Waals surface area (Å²) in [6.07, 6.45) is 0. The van der Waals surface area contributed by atoms with E-state index in [9.17, 15) is 5.11 Å². The van der Waals surface area contributed by atoms with E-state index in [0.717, 1.165) is 38.6 Å². The lowest BCUT2D eigenvalue weighted by molar-refractivity contribution is 0.477. The summed E-state index contributed by atoms with van der Waals surface area (Å²) in [6.45, 7) is 0. The highest BCUT2D eigenvalue weighted by Gasteiger charge is 2.34. The number of hydrogen-bond donors (Lipinski definition) is 1. The molecule has 7 heteroatoms. The fourth-order valence-corrected chi connectivity index (χ4v) is 20.2. The average molecular weight is 497 g/mol. The number of phenols is 1. The van der Waals surface area contributed by atoms with Gasteiger partial charge in [-0.05, 0) is 52.1 Å². The van der Waals surface area contributed by atoms with E-state index in [1.807, 2.05) is 66.7 Å². The molecule has 1 heterocycles. The third-order valence-corrected chi connectivity index (χ3v) is 19.7. The van der Waals surface area contributed by atoms with E-state index in [1.54, 1.807) is 17.1 Å². The van der Waals surface area contributed by atoms with Crippen LogP contribution in [0.1, 0.15) is 0 Å². The number of aromatic hydroxyl groups is 1. The van der Waals surface area contributed by atoms with Crippen LogP contribution in [0.3, 0.4) is 0 Å². The predicted molar refractivity (Wildman–Crippen MR) is 143 cm³/mol. The first-order valence-electron chi connectivity index (χ1n) is 9.67. The average Bonchev–Trinajstić information content (AvgIpc) is 2.79. The van der Waals surface area contributed by atoms with Crippen molar-refractivity contribution >= 4 is 56.6 Å². The highest BCUT2D eigenvalue weighted by molar-refractivity contribution is 8.97. The quantitative estimate of drug-likeness (QED) is 0.318. The second-order valence-corrected chi connectivity index (χ2v) is 19.2. The van der Waals surface area contributed by atoms with Crippen molar-refractivity contribution in [2.75, 3.05) is 0 Å². The first kappa shape index (κ1) is 21.0. The van der Waals surface area contributed by atoms with Crippen LogP contribution in [0.25, 0.3) is 22.3 Å². The second-order valence-electron chi connectivity index (χ2n) is 7.04. The van der Waals surface area contributed by atoms with Crippen molar-refractivity contribution < 1.29 is 9.63 Å². The Morgan fingerprint density at radius 1 is 0.710 bits per heavy atom. The highest BCUT2D eigenvalue weighted by Crippen LogP contribution is 2.71. The molecule has 2 atom stereocenters. The van der Waals surface area contributed by atoms with Crippen molar-refractivity contribution in [1.29, 1.82) is 0 Å². The molecular weight excluding hydrogens is 478 g/mol. The lowest BCUT2D eigenvalue weighted by Gasteiger charge is -2.31. The molecule has 0 amide bonds. The van der Waals surface area contributed by atoms with Gasteiger partial charge in [-0.2, -0.15) is 0 Å². The Kier molecular flexibility index (Phi) is 5.81. The van der Waals surface area contributed by atoms with Gasteiger partial charge in [0.1, 0.15) is 11.5 Å². The first-order valence-corrected chi connectivity index (χ1v) is 17.2. The fourth-order valence-electron chi connectivity index (χ4n) is 3.71. The fraction of sp³-hybridized carbons (Fsp3) is 0. The molecule has 0 radical (unpaired) electrons. The largest absolute Gasteiger partial charge is 0.507 e. The summed E-state index contributed by atoms with van der Waals surface area (Å²) in [5.74, 6) is -0.471. The van der Waals surface area contributed by atoms with Crippen LogP contribution in [0, 0.1) is 0 Å². The van der Waals surface area contributed by atoms with Crippen LogP contribution in [-0.2, 0) is 23.6 Å². The molecule has 2 unspecified atom stereocenters. The van der Waals surface area contributed by atoms with Gasteiger partial charge in [0.25, 0.3) is 0 Å². The Morgan fingerprint density at radius 2 is 1.29 bits per heavy atom. The topological polar surface area (TPSA) is 29.5 Å². The lowest BCUT2D eigenvalue weighted by atomic mass is 10.0. The lowest BCUT2D eigenvalue weighted by Crippen LogP contribution is -2.15. The number of benzene rings is 4. The Hall–Kier alpha value is -1.87. The minimum Gasteiger partial charge on any atom is -0.507 e. The molecule has 1 aliphatic heterocycles. The van der Waals surface area contributed by atoms with Crippen LogP contribution in [0.5, 0.6) is 11.5 Å². The molecule has 0 fully saturated rings. The Morgan fingerprint density at radius 3 is 2.06 bits per heavy atom. The molecule has 4 aromatic carbocycles. The maximum absolute atomic E-state index is 10.4. The molecule has 0 bridgehead atoms. The minimum atomic E-state index is -2.45. The smallest absolute Gasteiger partial charge is 0.202 e. The van der Waals surface area contributed by atoms with E-state index in [1.165, 1.54) is 0 Å². The van der Waals surface area contributed by atoms with Crippen molar-refractivity contribution in [2.24, 2.45) is 0 Å². The van der Waals surface area contributed by atoms with E-state index in [4.69, 9.17) is 28.1 Å². The van der Waals surface area contributed by atoms with Crippen LogP contribution in [-0.4, -0.2) is 5.11 Å². The zero-order valence-corrected chi connectivity index (χ0v) is 20.6. The summed E-state index contributed by atoms with van der Waals surface area (Å²) in [5, 5.41) is 12.5. The molecule has 0 aliphatic carbocycles. The summed E-state index contributed by atoms with van der Waals surface area (Å²) in [4.78, 5) is 0. The van der Waals surface area contributed by atoms with Crippen LogP contribution in [0.2, 0.25) is 0 Å².